The molecule has 0 unspecified atom stereocenters. The molecule has 0 aromatic heterocycles. The molecule has 0 radical (unpaired) electrons. The molecule has 0 aliphatic heterocycles. The molecule has 2 aromatic carbocycles. The van der Waals surface area contributed by atoms with E-state index in [1.165, 1.54) is 0 Å². The minimum atomic E-state index is 0.0352. The van der Waals surface area contributed by atoms with Crippen LogP contribution in [0.1, 0.15) is 11.1 Å². The summed E-state index contributed by atoms with van der Waals surface area (Å²) in [5.74, 6) is 0.691. The second kappa shape index (κ2) is 6.29. The number of hydrogen-bond donors (Lipinski definition) is 2. The molecule has 0 saturated heterocycles. The Morgan fingerprint density at radius 2 is 1.89 bits per heavy atom. The van der Waals surface area contributed by atoms with Crippen molar-refractivity contribution in [1.82, 2.24) is 0 Å². The Labute approximate surface area is 117 Å². The summed E-state index contributed by atoms with van der Waals surface area (Å²) in [6.07, 6.45) is 1.96. The first kappa shape index (κ1) is 13.5. The summed E-state index contributed by atoms with van der Waals surface area (Å²) in [5.41, 5.74) is 7.41. The van der Waals surface area contributed by atoms with Gasteiger partial charge >= 0.3 is 0 Å². The van der Waals surface area contributed by atoms with Crippen molar-refractivity contribution in [3.63, 3.8) is 0 Å². The molecular formula is C15H16N2OS. The van der Waals surface area contributed by atoms with E-state index in [9.17, 15) is 0 Å². The fourth-order valence-electron chi connectivity index (χ4n) is 1.80. The summed E-state index contributed by atoms with van der Waals surface area (Å²) in [5, 5.41) is 7.69. The molecule has 0 atom stereocenters. The molecule has 0 saturated carbocycles. The molecule has 19 heavy (non-hydrogen) atoms. The lowest BCUT2D eigenvalue weighted by molar-refractivity contribution is 0.305. The molecule has 0 aliphatic carbocycles. The maximum absolute atomic E-state index is 7.69. The van der Waals surface area contributed by atoms with Crippen LogP contribution < -0.4 is 10.5 Å². The van der Waals surface area contributed by atoms with Crippen molar-refractivity contribution in [1.29, 1.82) is 5.41 Å². The molecule has 0 bridgehead atoms. The average molecular weight is 272 g/mol. The van der Waals surface area contributed by atoms with Crippen LogP contribution in [0.3, 0.4) is 0 Å². The monoisotopic (exact) mass is 272 g/mol. The molecule has 4 heteroatoms. The summed E-state index contributed by atoms with van der Waals surface area (Å²) in [6, 6.07) is 15.6. The number of nitrogens with one attached hydrogen (secondary N) is 1. The van der Waals surface area contributed by atoms with Crippen molar-refractivity contribution in [3.8, 4) is 5.75 Å². The van der Waals surface area contributed by atoms with Crippen LogP contribution in [0.25, 0.3) is 0 Å². The molecule has 3 N–H and O–H groups in total. The van der Waals surface area contributed by atoms with Gasteiger partial charge in [0.15, 0.2) is 0 Å². The lowest BCUT2D eigenvalue weighted by atomic mass is 10.2. The smallest absolute Gasteiger partial charge is 0.131 e. The Kier molecular flexibility index (Phi) is 4.47. The van der Waals surface area contributed by atoms with Crippen LogP contribution in [0.15, 0.2) is 53.4 Å². The quantitative estimate of drug-likeness (QED) is 0.499. The highest BCUT2D eigenvalue weighted by molar-refractivity contribution is 7.98. The van der Waals surface area contributed by atoms with Gasteiger partial charge in [-0.2, -0.15) is 0 Å². The van der Waals surface area contributed by atoms with Gasteiger partial charge < -0.3 is 10.5 Å². The van der Waals surface area contributed by atoms with Crippen LogP contribution >= 0.6 is 11.8 Å². The van der Waals surface area contributed by atoms with Crippen LogP contribution in [-0.4, -0.2) is 12.1 Å². The predicted octanol–water partition coefficient (Wildman–Crippen LogP) is 3.27. The summed E-state index contributed by atoms with van der Waals surface area (Å²) in [4.78, 5) is 0.957. The zero-order valence-electron chi connectivity index (χ0n) is 10.7. The average Bonchev–Trinajstić information content (AvgIpc) is 2.45. The Bertz CT molecular complexity index is 570. The van der Waals surface area contributed by atoms with Crippen LogP contribution in [-0.2, 0) is 6.61 Å². The third-order valence-electron chi connectivity index (χ3n) is 2.71. The Balaban J connectivity index is 2.23. The van der Waals surface area contributed by atoms with Gasteiger partial charge in [0, 0.05) is 4.90 Å². The van der Waals surface area contributed by atoms with E-state index in [0.29, 0.717) is 17.9 Å². The van der Waals surface area contributed by atoms with Crippen molar-refractivity contribution in [2.24, 2.45) is 5.73 Å². The zero-order valence-corrected chi connectivity index (χ0v) is 11.5. The summed E-state index contributed by atoms with van der Waals surface area (Å²) < 4.78 is 5.79. The highest BCUT2D eigenvalue weighted by atomic mass is 32.2. The van der Waals surface area contributed by atoms with Crippen LogP contribution in [0, 0.1) is 5.41 Å². The third kappa shape index (κ3) is 3.29. The van der Waals surface area contributed by atoms with Crippen molar-refractivity contribution >= 4 is 17.6 Å². The van der Waals surface area contributed by atoms with E-state index in [4.69, 9.17) is 15.9 Å². The minimum Gasteiger partial charge on any atom is -0.488 e. The molecule has 2 rings (SSSR count). The number of nitrogens with two attached hydrogens (primary N) is 1. The number of ether oxygens (including phenoxy) is 1. The van der Waals surface area contributed by atoms with Crippen molar-refractivity contribution in [3.05, 3.63) is 59.7 Å². The first-order valence-corrected chi connectivity index (χ1v) is 7.13. The first-order chi connectivity index (χ1) is 9.22. The number of benzene rings is 2. The van der Waals surface area contributed by atoms with E-state index in [1.54, 1.807) is 11.8 Å². The van der Waals surface area contributed by atoms with Gasteiger partial charge in [-0.3, -0.25) is 5.41 Å². The predicted molar refractivity (Wildman–Crippen MR) is 80.0 cm³/mol. The molecule has 0 amide bonds. The maximum atomic E-state index is 7.69. The zero-order chi connectivity index (χ0) is 13.7. The van der Waals surface area contributed by atoms with Gasteiger partial charge in [0.25, 0.3) is 0 Å². The summed E-state index contributed by atoms with van der Waals surface area (Å²) >= 11 is 1.56. The number of hydrogen-bond acceptors (Lipinski definition) is 3. The van der Waals surface area contributed by atoms with E-state index in [1.807, 2.05) is 54.8 Å². The second-order valence-corrected chi connectivity index (χ2v) is 4.87. The molecular weight excluding hydrogens is 256 g/mol. The maximum Gasteiger partial charge on any atom is 0.131 e. The standard InChI is InChI=1S/C15H16N2OS/c1-19-13-9-5-8-12(14(13)15(16)17)18-10-11-6-3-2-4-7-11/h2-9H,10H2,1H3,(H3,16,17). The van der Waals surface area contributed by atoms with Gasteiger partial charge in [0.2, 0.25) is 0 Å². The van der Waals surface area contributed by atoms with Gasteiger partial charge in [-0.15, -0.1) is 11.8 Å². The Morgan fingerprint density at radius 1 is 1.16 bits per heavy atom. The molecule has 0 aliphatic rings. The number of amidine groups is 1. The normalized spacial score (nSPS) is 10.2. The van der Waals surface area contributed by atoms with E-state index in [-0.39, 0.29) is 5.84 Å². The van der Waals surface area contributed by atoms with Crippen LogP contribution in [0.5, 0.6) is 5.75 Å². The largest absolute Gasteiger partial charge is 0.488 e. The Morgan fingerprint density at radius 3 is 2.53 bits per heavy atom. The lowest BCUT2D eigenvalue weighted by Gasteiger charge is -2.13. The van der Waals surface area contributed by atoms with Gasteiger partial charge in [0.05, 0.1) is 5.56 Å². The SMILES string of the molecule is CSc1cccc(OCc2ccccc2)c1C(=N)N. The van der Waals surface area contributed by atoms with E-state index in [2.05, 4.69) is 0 Å². The van der Waals surface area contributed by atoms with Crippen molar-refractivity contribution < 1.29 is 4.74 Å². The molecule has 98 valence electrons. The first-order valence-electron chi connectivity index (χ1n) is 5.90. The molecule has 3 nitrogen and oxygen atoms in total. The van der Waals surface area contributed by atoms with E-state index >= 15 is 0 Å². The lowest BCUT2D eigenvalue weighted by Crippen LogP contribution is -2.14. The highest BCUT2D eigenvalue weighted by Crippen LogP contribution is 2.28. The van der Waals surface area contributed by atoms with Crippen LogP contribution in [0.2, 0.25) is 0 Å². The second-order valence-electron chi connectivity index (χ2n) is 4.02. The van der Waals surface area contributed by atoms with Crippen molar-refractivity contribution in [2.45, 2.75) is 11.5 Å². The molecule has 0 spiro atoms. The van der Waals surface area contributed by atoms with Gasteiger partial charge in [0.1, 0.15) is 18.2 Å². The fourth-order valence-corrected chi connectivity index (χ4v) is 2.43. The number of thioether (sulfide) groups is 1. The minimum absolute atomic E-state index is 0.0352. The van der Waals surface area contributed by atoms with Crippen molar-refractivity contribution in [2.75, 3.05) is 6.26 Å². The molecule has 2 aromatic rings. The van der Waals surface area contributed by atoms with E-state index < -0.39 is 0 Å². The molecule has 0 fully saturated rings. The van der Waals surface area contributed by atoms with Gasteiger partial charge in [-0.05, 0) is 24.0 Å². The topological polar surface area (TPSA) is 59.1 Å². The number of nitrogen functional groups attached to an aromatic ring is 1. The summed E-state index contributed by atoms with van der Waals surface area (Å²) in [6.45, 7) is 0.471. The fraction of sp³-hybridized carbons (Fsp3) is 0.133. The summed E-state index contributed by atoms with van der Waals surface area (Å²) in [7, 11) is 0. The van der Waals surface area contributed by atoms with E-state index in [0.717, 1.165) is 10.5 Å². The molecule has 0 heterocycles. The third-order valence-corrected chi connectivity index (χ3v) is 3.49. The van der Waals surface area contributed by atoms with Gasteiger partial charge in [-0.1, -0.05) is 36.4 Å². The Hall–Kier alpha value is -1.94. The highest BCUT2D eigenvalue weighted by Gasteiger charge is 2.11. The van der Waals surface area contributed by atoms with Gasteiger partial charge in [-0.25, -0.2) is 0 Å². The van der Waals surface area contributed by atoms with Crippen LogP contribution in [0.4, 0.5) is 0 Å². The number of rotatable bonds is 5.